The second-order valence-electron chi connectivity index (χ2n) is 12.7. The summed E-state index contributed by atoms with van der Waals surface area (Å²) in [6.45, 7) is 3.38. The van der Waals surface area contributed by atoms with Crippen molar-refractivity contribution < 1.29 is 43.0 Å². The zero-order valence-corrected chi connectivity index (χ0v) is 33.4. The van der Waals surface area contributed by atoms with Gasteiger partial charge in [-0.05, 0) is 83.5 Å². The van der Waals surface area contributed by atoms with E-state index in [4.69, 9.17) is 19.3 Å². The molecule has 0 aromatic carbocycles. The zero-order valence-electron chi connectivity index (χ0n) is 32.5. The van der Waals surface area contributed by atoms with Crippen LogP contribution in [-0.4, -0.2) is 52.3 Å². The van der Waals surface area contributed by atoms with Gasteiger partial charge >= 0.3 is 19.8 Å². The Hall–Kier alpha value is -3.07. The van der Waals surface area contributed by atoms with Crippen molar-refractivity contribution >= 4 is 19.8 Å². The van der Waals surface area contributed by atoms with E-state index >= 15 is 0 Å². The molecule has 0 bridgehead atoms. The fraction of sp³-hybridized carbons (Fsp3) is 0.581. The molecule has 10 heteroatoms. The van der Waals surface area contributed by atoms with E-state index in [0.29, 0.717) is 25.7 Å². The first-order valence-corrected chi connectivity index (χ1v) is 21.2. The maximum atomic E-state index is 12.4. The van der Waals surface area contributed by atoms with Crippen LogP contribution in [0.4, 0.5) is 0 Å². The summed E-state index contributed by atoms with van der Waals surface area (Å²) in [5, 5.41) is 10.0. The number of carbonyl (C=O) groups is 2. The van der Waals surface area contributed by atoms with Gasteiger partial charge in [-0.25, -0.2) is 4.57 Å². The van der Waals surface area contributed by atoms with Gasteiger partial charge in [-0.15, -0.1) is 0 Å². The van der Waals surface area contributed by atoms with Crippen LogP contribution in [-0.2, 0) is 28.2 Å². The molecule has 0 spiro atoms. The third-order valence-corrected chi connectivity index (χ3v) is 8.15. The molecule has 0 heterocycles. The van der Waals surface area contributed by atoms with E-state index in [0.717, 1.165) is 64.2 Å². The van der Waals surface area contributed by atoms with Crippen LogP contribution in [0.5, 0.6) is 0 Å². The smallest absolute Gasteiger partial charge is 0.462 e. The predicted octanol–water partition coefficient (Wildman–Crippen LogP) is 10.8. The van der Waals surface area contributed by atoms with E-state index in [1.165, 1.54) is 19.3 Å². The molecule has 9 nitrogen and oxygen atoms in total. The Morgan fingerprint density at radius 1 is 0.604 bits per heavy atom. The number of aliphatic hydroxyl groups excluding tert-OH is 1. The highest BCUT2D eigenvalue weighted by Gasteiger charge is 2.22. The van der Waals surface area contributed by atoms with Crippen LogP contribution in [0.25, 0.3) is 0 Å². The number of carbonyl (C=O) groups excluding carboxylic acids is 2. The lowest BCUT2D eigenvalue weighted by Gasteiger charge is -2.18. The quantitative estimate of drug-likeness (QED) is 0.0192. The molecule has 0 aliphatic rings. The molecular formula is C43H69O9P. The van der Waals surface area contributed by atoms with Crippen LogP contribution in [0.1, 0.15) is 136 Å². The summed E-state index contributed by atoms with van der Waals surface area (Å²) in [6.07, 6.45) is 47.2. The molecule has 3 N–H and O–H groups in total. The third kappa shape index (κ3) is 40.0. The van der Waals surface area contributed by atoms with Crippen molar-refractivity contribution in [2.45, 2.75) is 148 Å². The van der Waals surface area contributed by atoms with E-state index in [9.17, 15) is 19.3 Å². The Kier molecular flexibility index (Phi) is 35.1. The molecule has 2 atom stereocenters. The lowest BCUT2D eigenvalue weighted by Crippen LogP contribution is -2.29. The van der Waals surface area contributed by atoms with Gasteiger partial charge in [0.1, 0.15) is 6.61 Å². The van der Waals surface area contributed by atoms with Crippen molar-refractivity contribution in [1.29, 1.82) is 0 Å². The number of aliphatic hydroxyl groups is 1. The number of phosphoric acid groups is 1. The second kappa shape index (κ2) is 37.3. The molecule has 0 fully saturated rings. The summed E-state index contributed by atoms with van der Waals surface area (Å²) < 4.78 is 26.2. The number of rotatable bonds is 34. The van der Waals surface area contributed by atoms with Crippen molar-refractivity contribution in [1.82, 2.24) is 0 Å². The molecule has 300 valence electrons. The highest BCUT2D eigenvalue weighted by molar-refractivity contribution is 7.46. The molecule has 0 rings (SSSR count). The first-order valence-electron chi connectivity index (χ1n) is 19.6. The van der Waals surface area contributed by atoms with Crippen molar-refractivity contribution in [3.8, 4) is 0 Å². The Balaban J connectivity index is 4.18. The Morgan fingerprint density at radius 2 is 1.15 bits per heavy atom. The topological polar surface area (TPSA) is 140 Å². The van der Waals surface area contributed by atoms with Gasteiger partial charge in [-0.1, -0.05) is 137 Å². The minimum atomic E-state index is -4.79. The summed E-state index contributed by atoms with van der Waals surface area (Å²) in [6, 6.07) is 0. The van der Waals surface area contributed by atoms with E-state index in [2.05, 4.69) is 73.1 Å². The van der Waals surface area contributed by atoms with E-state index in [-0.39, 0.29) is 19.4 Å². The Morgan fingerprint density at radius 3 is 1.79 bits per heavy atom. The van der Waals surface area contributed by atoms with Gasteiger partial charge < -0.3 is 24.4 Å². The number of phosphoric ester groups is 1. The van der Waals surface area contributed by atoms with Crippen LogP contribution in [0.2, 0.25) is 0 Å². The minimum Gasteiger partial charge on any atom is -0.462 e. The van der Waals surface area contributed by atoms with Crippen LogP contribution in [0.3, 0.4) is 0 Å². The summed E-state index contributed by atoms with van der Waals surface area (Å²) in [5.74, 6) is -1.03. The Bertz CT molecular complexity index is 1190. The van der Waals surface area contributed by atoms with Crippen LogP contribution in [0.15, 0.2) is 97.2 Å². The van der Waals surface area contributed by atoms with Gasteiger partial charge in [-0.2, -0.15) is 0 Å². The number of esters is 2. The molecule has 53 heavy (non-hydrogen) atoms. The molecule has 0 amide bonds. The molecule has 0 saturated carbocycles. The molecular weight excluding hydrogens is 691 g/mol. The van der Waals surface area contributed by atoms with Gasteiger partial charge in [0.15, 0.2) is 6.10 Å². The van der Waals surface area contributed by atoms with E-state index in [1.807, 2.05) is 36.5 Å². The highest BCUT2D eigenvalue weighted by atomic mass is 31.2. The monoisotopic (exact) mass is 760 g/mol. The molecule has 0 aliphatic heterocycles. The minimum absolute atomic E-state index is 0.146. The number of allylic oxidation sites excluding steroid dienone is 14. The van der Waals surface area contributed by atoms with Crippen molar-refractivity contribution in [3.05, 3.63) is 97.2 Å². The number of hydrogen-bond acceptors (Lipinski definition) is 7. The molecule has 0 aliphatic carbocycles. The number of hydrogen-bond donors (Lipinski definition) is 3. The van der Waals surface area contributed by atoms with Crippen LogP contribution < -0.4 is 0 Å². The third-order valence-electron chi connectivity index (χ3n) is 7.67. The van der Waals surface area contributed by atoms with Gasteiger partial charge in [-0.3, -0.25) is 14.1 Å². The van der Waals surface area contributed by atoms with Gasteiger partial charge in [0.05, 0.1) is 12.7 Å². The van der Waals surface area contributed by atoms with Gasteiger partial charge in [0.25, 0.3) is 0 Å². The zero-order chi connectivity index (χ0) is 39.1. The van der Waals surface area contributed by atoms with Gasteiger partial charge in [0, 0.05) is 12.8 Å². The van der Waals surface area contributed by atoms with Crippen LogP contribution >= 0.6 is 7.82 Å². The maximum absolute atomic E-state index is 12.4. The average Bonchev–Trinajstić information content (AvgIpc) is 3.12. The lowest BCUT2D eigenvalue weighted by molar-refractivity contribution is -0.161. The second-order valence-corrected chi connectivity index (χ2v) is 14.0. The normalized spacial score (nSPS) is 14.1. The summed E-state index contributed by atoms with van der Waals surface area (Å²) >= 11 is 0. The molecule has 0 radical (unpaired) electrons. The summed E-state index contributed by atoms with van der Waals surface area (Å²) in [4.78, 5) is 42.8. The molecule has 0 saturated heterocycles. The van der Waals surface area contributed by atoms with Gasteiger partial charge in [0.2, 0.25) is 0 Å². The first-order chi connectivity index (χ1) is 25.7. The van der Waals surface area contributed by atoms with Crippen molar-refractivity contribution in [3.63, 3.8) is 0 Å². The fourth-order valence-corrected chi connectivity index (χ4v) is 5.09. The molecule has 0 unspecified atom stereocenters. The fourth-order valence-electron chi connectivity index (χ4n) is 4.73. The summed E-state index contributed by atoms with van der Waals surface area (Å²) in [7, 11) is -4.79. The highest BCUT2D eigenvalue weighted by Crippen LogP contribution is 2.36. The number of unbranched alkanes of at least 4 members (excludes halogenated alkanes) is 8. The molecule has 0 aromatic rings. The lowest BCUT2D eigenvalue weighted by atomic mass is 10.1. The standard InChI is InChI=1S/C43H69O9P/c1-3-5-7-9-11-12-13-14-15-16-17-18-19-20-24-29-33-37-43(46)52-41(39-51-53(47,48)49)38-50-42(45)36-32-28-25-21-23-27-31-35-40(44)34-30-26-22-10-8-6-4-2/h5,7,11-12,14-15,17-18,21-22,25-27,30-31,34,40-41,44H,3-4,6,8-10,13,16,19-20,23-24,28-29,32-33,35-39H2,1-2H3,(H2,47,48,49)/b7-5-,12-11-,15-14-,18-17-,25-21+,26-22-,31-27-,34-30-/t40-,41-/m1/s1. The van der Waals surface area contributed by atoms with Crippen LogP contribution in [0, 0.1) is 0 Å². The van der Waals surface area contributed by atoms with Crippen molar-refractivity contribution in [2.75, 3.05) is 13.2 Å². The van der Waals surface area contributed by atoms with E-state index in [1.54, 1.807) is 6.08 Å². The van der Waals surface area contributed by atoms with Crippen molar-refractivity contribution in [2.24, 2.45) is 0 Å². The summed E-state index contributed by atoms with van der Waals surface area (Å²) in [5.41, 5.74) is 0. The van der Waals surface area contributed by atoms with E-state index < -0.39 is 38.6 Å². The molecule has 0 aromatic heterocycles. The maximum Gasteiger partial charge on any atom is 0.469 e. The predicted molar refractivity (Wildman–Crippen MR) is 217 cm³/mol. The average molecular weight is 761 g/mol. The number of ether oxygens (including phenoxy) is 2. The first kappa shape index (κ1) is 49.9. The Labute approximate surface area is 320 Å². The largest absolute Gasteiger partial charge is 0.469 e. The SMILES string of the molecule is CC/C=C\C/C=C\C/C=C\C/C=C\CCCCCCC(=O)O[C@H](COC(=O)CCC/C=C/C/C=C\C[C@H](O)/C=C\C=C/CCCCC)COP(=O)(O)O.